The van der Waals surface area contributed by atoms with Gasteiger partial charge in [0.1, 0.15) is 0 Å². The van der Waals surface area contributed by atoms with Crippen molar-refractivity contribution >= 4 is 0 Å². The van der Waals surface area contributed by atoms with Crippen molar-refractivity contribution in [2.45, 2.75) is 76.5 Å². The summed E-state index contributed by atoms with van der Waals surface area (Å²) in [6, 6.07) is 0. The van der Waals surface area contributed by atoms with Crippen molar-refractivity contribution in [3.63, 3.8) is 0 Å². The molecule has 0 aromatic carbocycles. The summed E-state index contributed by atoms with van der Waals surface area (Å²) in [6.07, 6.45) is 0. The van der Waals surface area contributed by atoms with E-state index < -0.39 is 19.8 Å². The number of hydrogen-bond donors (Lipinski definition) is 0. The molecule has 0 radical (unpaired) electrons. The predicted molar refractivity (Wildman–Crippen MR) is 94.4 cm³/mol. The van der Waals surface area contributed by atoms with Gasteiger partial charge in [-0.2, -0.15) is 0 Å². The van der Waals surface area contributed by atoms with Crippen LogP contribution in [0, 0.1) is 0 Å². The minimum atomic E-state index is -1.18. The normalized spacial score (nSPS) is 25.0. The van der Waals surface area contributed by atoms with Crippen LogP contribution < -0.4 is 0 Å². The SMILES string of the molecule is CC1=C(C)[C](C)([NbH3][C]2(C)C(C)=C(C)C(C)=C2C)C(C)=C1C. The van der Waals surface area contributed by atoms with Crippen LogP contribution in [0.1, 0.15) is 69.2 Å². The summed E-state index contributed by atoms with van der Waals surface area (Å²) in [5.74, 6) is 0. The molecule has 21 heavy (non-hydrogen) atoms. The fourth-order valence-electron chi connectivity index (χ4n) is 4.58. The first-order valence-electron chi connectivity index (χ1n) is 8.21. The topological polar surface area (TPSA) is 0 Å². The first-order chi connectivity index (χ1) is 9.48. The second kappa shape index (κ2) is 5.11. The third-order valence-electron chi connectivity index (χ3n) is 7.39. The fourth-order valence-corrected chi connectivity index (χ4v) is 13.3. The molecule has 2 rings (SSSR count). The molecule has 0 aliphatic heterocycles. The average Bonchev–Trinajstić information content (AvgIpc) is 2.67. The van der Waals surface area contributed by atoms with E-state index in [4.69, 9.17) is 0 Å². The molecule has 0 saturated heterocycles. The molecule has 0 fully saturated rings. The number of allylic oxidation sites excluding steroid dienone is 8. The molecule has 0 heterocycles. The van der Waals surface area contributed by atoms with Crippen LogP contribution in [0.4, 0.5) is 0 Å². The van der Waals surface area contributed by atoms with E-state index in [-0.39, 0.29) is 0 Å². The zero-order chi connectivity index (χ0) is 16.3. The van der Waals surface area contributed by atoms with Crippen LogP contribution in [0.25, 0.3) is 0 Å². The van der Waals surface area contributed by atoms with Crippen LogP contribution in [0.15, 0.2) is 44.6 Å². The molecular formula is C20H33Nb. The molecule has 2 aliphatic carbocycles. The van der Waals surface area contributed by atoms with Gasteiger partial charge in [0.15, 0.2) is 0 Å². The Morgan fingerprint density at radius 3 is 0.857 bits per heavy atom. The van der Waals surface area contributed by atoms with Crippen molar-refractivity contribution in [1.29, 1.82) is 0 Å². The monoisotopic (exact) mass is 366 g/mol. The standard InChI is InChI=1S/2C10H15.Nb.3H/c2*1-6-7(2)9(4)10(5)8(6)3;;;;/h2*1-5H3;;;;. The van der Waals surface area contributed by atoms with Crippen molar-refractivity contribution in [2.24, 2.45) is 0 Å². The van der Waals surface area contributed by atoms with Crippen molar-refractivity contribution in [3.05, 3.63) is 44.6 Å². The first kappa shape index (κ1) is 17.1. The maximum absolute atomic E-state index is 2.54. The summed E-state index contributed by atoms with van der Waals surface area (Å²) in [5.41, 5.74) is 12.9. The summed E-state index contributed by atoms with van der Waals surface area (Å²) >= 11 is -1.18. The second-order valence-corrected chi connectivity index (χ2v) is 15.7. The van der Waals surface area contributed by atoms with Crippen molar-refractivity contribution in [1.82, 2.24) is 0 Å². The molecule has 0 N–H and O–H groups in total. The Labute approximate surface area is 140 Å². The van der Waals surface area contributed by atoms with E-state index in [1.807, 2.05) is 0 Å². The molecule has 0 atom stereocenters. The minimum absolute atomic E-state index is 0.415. The molecule has 0 unspecified atom stereocenters. The van der Waals surface area contributed by atoms with Gasteiger partial charge in [-0.3, -0.25) is 0 Å². The maximum atomic E-state index is 2.54. The number of rotatable bonds is 2. The number of hydrogen-bond acceptors (Lipinski definition) is 0. The van der Waals surface area contributed by atoms with Crippen LogP contribution in [-0.2, 0) is 19.8 Å². The van der Waals surface area contributed by atoms with E-state index in [0.29, 0.717) is 7.27 Å². The van der Waals surface area contributed by atoms with Gasteiger partial charge in [-0.05, 0) is 0 Å². The van der Waals surface area contributed by atoms with Crippen molar-refractivity contribution in [2.75, 3.05) is 0 Å². The zero-order valence-corrected chi connectivity index (χ0v) is 19.2. The fraction of sp³-hybridized carbons (Fsp3) is 0.600. The molecule has 0 aromatic rings. The van der Waals surface area contributed by atoms with Crippen LogP contribution in [0.2, 0.25) is 7.27 Å². The van der Waals surface area contributed by atoms with E-state index in [0.717, 1.165) is 0 Å². The van der Waals surface area contributed by atoms with Crippen molar-refractivity contribution in [3.8, 4) is 0 Å². The molecule has 2 aliphatic rings. The first-order valence-corrected chi connectivity index (χ1v) is 11.7. The Morgan fingerprint density at radius 1 is 0.476 bits per heavy atom. The van der Waals surface area contributed by atoms with Crippen LogP contribution >= 0.6 is 0 Å². The quantitative estimate of drug-likeness (QED) is 0.526. The van der Waals surface area contributed by atoms with E-state index >= 15 is 0 Å². The summed E-state index contributed by atoms with van der Waals surface area (Å²) in [7, 11) is 0. The molecule has 118 valence electrons. The van der Waals surface area contributed by atoms with Gasteiger partial charge in [-0.1, -0.05) is 0 Å². The van der Waals surface area contributed by atoms with Gasteiger partial charge in [0.25, 0.3) is 0 Å². The summed E-state index contributed by atoms with van der Waals surface area (Å²) in [6.45, 7) is 23.9. The Balaban J connectivity index is 2.54. The molecule has 0 nitrogen and oxygen atoms in total. The zero-order valence-electron chi connectivity index (χ0n) is 15.7. The molecule has 0 amide bonds. The van der Waals surface area contributed by atoms with E-state index in [2.05, 4.69) is 69.2 Å². The Morgan fingerprint density at radius 2 is 0.667 bits per heavy atom. The van der Waals surface area contributed by atoms with Gasteiger partial charge in [-0.25, -0.2) is 0 Å². The molecular weight excluding hydrogens is 333 g/mol. The second-order valence-electron chi connectivity index (χ2n) is 7.84. The van der Waals surface area contributed by atoms with Crippen LogP contribution in [0.3, 0.4) is 0 Å². The Hall–Kier alpha value is -0.300. The Kier molecular flexibility index (Phi) is 4.16. The summed E-state index contributed by atoms with van der Waals surface area (Å²) < 4.78 is 0.829. The van der Waals surface area contributed by atoms with Gasteiger partial charge in [0.05, 0.1) is 0 Å². The predicted octanol–water partition coefficient (Wildman–Crippen LogP) is 6.00. The molecule has 1 heteroatoms. The summed E-state index contributed by atoms with van der Waals surface area (Å²) in [5, 5.41) is 0. The summed E-state index contributed by atoms with van der Waals surface area (Å²) in [4.78, 5) is 0. The third-order valence-corrected chi connectivity index (χ3v) is 16.1. The van der Waals surface area contributed by atoms with Gasteiger partial charge in [-0.15, -0.1) is 0 Å². The molecule has 0 spiro atoms. The van der Waals surface area contributed by atoms with E-state index in [9.17, 15) is 0 Å². The van der Waals surface area contributed by atoms with Gasteiger partial charge < -0.3 is 0 Å². The third kappa shape index (κ3) is 2.14. The van der Waals surface area contributed by atoms with Crippen LogP contribution in [0.5, 0.6) is 0 Å². The molecule has 0 bridgehead atoms. The van der Waals surface area contributed by atoms with Crippen molar-refractivity contribution < 1.29 is 19.8 Å². The average molecular weight is 366 g/mol. The van der Waals surface area contributed by atoms with Gasteiger partial charge in [0, 0.05) is 0 Å². The van der Waals surface area contributed by atoms with Crippen LogP contribution in [-0.4, -0.2) is 0 Å². The van der Waals surface area contributed by atoms with E-state index in [1.165, 1.54) is 0 Å². The molecule has 0 saturated carbocycles. The van der Waals surface area contributed by atoms with E-state index in [1.54, 1.807) is 44.6 Å². The van der Waals surface area contributed by atoms with Gasteiger partial charge in [0.2, 0.25) is 0 Å². The Bertz CT molecular complexity index is 531. The molecule has 0 aromatic heterocycles. The van der Waals surface area contributed by atoms with Gasteiger partial charge >= 0.3 is 141 Å².